The largest absolute Gasteiger partial charge is 0.323 e. The van der Waals surface area contributed by atoms with Crippen LogP contribution < -0.4 is 5.73 Å². The molecule has 1 aromatic carbocycles. The molecule has 0 fully saturated rings. The summed E-state index contributed by atoms with van der Waals surface area (Å²) < 4.78 is 35.5. The van der Waals surface area contributed by atoms with Gasteiger partial charge in [0.1, 0.15) is 15.7 Å². The molecule has 0 spiro atoms. The molecule has 6 heteroatoms. The zero-order valence-electron chi connectivity index (χ0n) is 10.6. The summed E-state index contributed by atoms with van der Waals surface area (Å²) in [5.74, 6) is -0.255. The Morgan fingerprint density at radius 2 is 2.00 bits per heavy atom. The Kier molecular flexibility index (Phi) is 5.25. The lowest BCUT2D eigenvalue weighted by Crippen LogP contribution is -2.32. The maximum atomic E-state index is 13.5. The van der Waals surface area contributed by atoms with Gasteiger partial charge in [-0.05, 0) is 13.1 Å². The van der Waals surface area contributed by atoms with Crippen LogP contribution in [0.15, 0.2) is 24.3 Å². The number of hydrogen-bond acceptors (Lipinski definition) is 4. The van der Waals surface area contributed by atoms with Gasteiger partial charge < -0.3 is 10.6 Å². The number of likely N-dealkylation sites (N-methyl/N-ethyl adjacent to an activating group) is 1. The van der Waals surface area contributed by atoms with Gasteiger partial charge in [-0.3, -0.25) is 0 Å². The zero-order chi connectivity index (χ0) is 13.8. The van der Waals surface area contributed by atoms with Gasteiger partial charge in [0.05, 0.1) is 5.75 Å². The van der Waals surface area contributed by atoms with Crippen LogP contribution in [-0.4, -0.2) is 45.5 Å². The molecule has 0 aliphatic heterocycles. The highest BCUT2D eigenvalue weighted by Crippen LogP contribution is 2.15. The van der Waals surface area contributed by atoms with Crippen LogP contribution in [0.4, 0.5) is 4.39 Å². The molecular formula is C12H19FN2O2S. The molecule has 1 aromatic rings. The maximum Gasteiger partial charge on any atom is 0.148 e. The fraction of sp³-hybridized carbons (Fsp3) is 0.500. The van der Waals surface area contributed by atoms with Crippen molar-refractivity contribution in [1.29, 1.82) is 0 Å². The SMILES string of the molecule is CN(CCS(C)(=O)=O)CC(N)c1ccccc1F. The molecule has 0 saturated carbocycles. The van der Waals surface area contributed by atoms with Crippen LogP contribution in [0.1, 0.15) is 11.6 Å². The number of nitrogens with zero attached hydrogens (tertiary/aromatic N) is 1. The molecule has 0 radical (unpaired) electrons. The standard InChI is InChI=1S/C12H19FN2O2S/c1-15(7-8-18(2,16)17)9-12(14)10-5-3-4-6-11(10)13/h3-6,12H,7-9,14H2,1-2H3. The molecule has 102 valence electrons. The topological polar surface area (TPSA) is 63.4 Å². The predicted octanol–water partition coefficient (Wildman–Crippen LogP) is 0.802. The fourth-order valence-corrected chi connectivity index (χ4v) is 2.27. The minimum Gasteiger partial charge on any atom is -0.323 e. The van der Waals surface area contributed by atoms with Gasteiger partial charge in [0, 0.05) is 31.0 Å². The highest BCUT2D eigenvalue weighted by atomic mass is 32.2. The van der Waals surface area contributed by atoms with E-state index >= 15 is 0 Å². The Balaban J connectivity index is 2.55. The molecule has 0 aliphatic carbocycles. The van der Waals surface area contributed by atoms with Crippen molar-refractivity contribution in [3.05, 3.63) is 35.6 Å². The second-order valence-electron chi connectivity index (χ2n) is 4.52. The molecular weight excluding hydrogens is 255 g/mol. The van der Waals surface area contributed by atoms with Crippen molar-refractivity contribution < 1.29 is 12.8 Å². The Bertz CT molecular complexity index is 491. The first kappa shape index (κ1) is 15.1. The first-order valence-electron chi connectivity index (χ1n) is 5.66. The lowest BCUT2D eigenvalue weighted by Gasteiger charge is -2.21. The van der Waals surface area contributed by atoms with Gasteiger partial charge in [-0.25, -0.2) is 12.8 Å². The van der Waals surface area contributed by atoms with Crippen molar-refractivity contribution in [3.8, 4) is 0 Å². The zero-order valence-corrected chi connectivity index (χ0v) is 11.5. The molecule has 18 heavy (non-hydrogen) atoms. The van der Waals surface area contributed by atoms with Crippen LogP contribution in [-0.2, 0) is 9.84 Å². The third-order valence-electron chi connectivity index (χ3n) is 2.66. The van der Waals surface area contributed by atoms with Gasteiger partial charge in [-0.2, -0.15) is 0 Å². The van der Waals surface area contributed by atoms with E-state index in [-0.39, 0.29) is 11.6 Å². The van der Waals surface area contributed by atoms with E-state index in [0.29, 0.717) is 18.7 Å². The summed E-state index contributed by atoms with van der Waals surface area (Å²) in [7, 11) is -1.21. The van der Waals surface area contributed by atoms with Crippen molar-refractivity contribution >= 4 is 9.84 Å². The van der Waals surface area contributed by atoms with Crippen molar-refractivity contribution in [2.45, 2.75) is 6.04 Å². The van der Waals surface area contributed by atoms with Gasteiger partial charge in [0.2, 0.25) is 0 Å². The third kappa shape index (κ3) is 5.12. The predicted molar refractivity (Wildman–Crippen MR) is 70.5 cm³/mol. The third-order valence-corrected chi connectivity index (χ3v) is 3.58. The molecule has 0 saturated heterocycles. The second kappa shape index (κ2) is 6.26. The van der Waals surface area contributed by atoms with E-state index in [1.807, 2.05) is 0 Å². The van der Waals surface area contributed by atoms with Crippen LogP contribution in [0.5, 0.6) is 0 Å². The Morgan fingerprint density at radius 1 is 1.39 bits per heavy atom. The van der Waals surface area contributed by atoms with E-state index in [9.17, 15) is 12.8 Å². The Labute approximate surface area is 108 Å². The normalized spacial score (nSPS) is 13.8. The Morgan fingerprint density at radius 3 is 2.56 bits per heavy atom. The second-order valence-corrected chi connectivity index (χ2v) is 6.78. The van der Waals surface area contributed by atoms with E-state index < -0.39 is 15.9 Å². The number of sulfone groups is 1. The van der Waals surface area contributed by atoms with E-state index in [2.05, 4.69) is 0 Å². The van der Waals surface area contributed by atoms with Gasteiger partial charge in [0.15, 0.2) is 0 Å². The first-order valence-corrected chi connectivity index (χ1v) is 7.72. The molecule has 1 atom stereocenters. The van der Waals surface area contributed by atoms with E-state index in [4.69, 9.17) is 5.73 Å². The van der Waals surface area contributed by atoms with Crippen molar-refractivity contribution in [3.63, 3.8) is 0 Å². The quantitative estimate of drug-likeness (QED) is 0.833. The number of hydrogen-bond donors (Lipinski definition) is 1. The molecule has 0 bridgehead atoms. The summed E-state index contributed by atoms with van der Waals surface area (Å²) in [6.45, 7) is 0.803. The molecule has 0 heterocycles. The van der Waals surface area contributed by atoms with Crippen LogP contribution >= 0.6 is 0 Å². The maximum absolute atomic E-state index is 13.5. The number of halogens is 1. The van der Waals surface area contributed by atoms with Gasteiger partial charge in [0.25, 0.3) is 0 Å². The Hall–Kier alpha value is -0.980. The summed E-state index contributed by atoms with van der Waals surface area (Å²) in [4.78, 5) is 1.79. The molecule has 0 amide bonds. The summed E-state index contributed by atoms with van der Waals surface area (Å²) in [6.07, 6.45) is 1.19. The van der Waals surface area contributed by atoms with Crippen LogP contribution in [0, 0.1) is 5.82 Å². The smallest absolute Gasteiger partial charge is 0.148 e. The molecule has 1 rings (SSSR count). The minimum atomic E-state index is -2.98. The average molecular weight is 274 g/mol. The van der Waals surface area contributed by atoms with Crippen LogP contribution in [0.25, 0.3) is 0 Å². The molecule has 4 nitrogen and oxygen atoms in total. The first-order chi connectivity index (χ1) is 8.29. The van der Waals surface area contributed by atoms with Gasteiger partial charge >= 0.3 is 0 Å². The fourth-order valence-electron chi connectivity index (χ4n) is 1.62. The lowest BCUT2D eigenvalue weighted by molar-refractivity contribution is 0.326. The molecule has 0 aliphatic rings. The average Bonchev–Trinajstić information content (AvgIpc) is 2.26. The van der Waals surface area contributed by atoms with Gasteiger partial charge in [-0.1, -0.05) is 18.2 Å². The van der Waals surface area contributed by atoms with E-state index in [1.54, 1.807) is 30.1 Å². The molecule has 1 unspecified atom stereocenters. The molecule has 2 N–H and O–H groups in total. The van der Waals surface area contributed by atoms with Crippen LogP contribution in [0.2, 0.25) is 0 Å². The minimum absolute atomic E-state index is 0.0769. The number of nitrogens with two attached hydrogens (primary N) is 1. The lowest BCUT2D eigenvalue weighted by atomic mass is 10.1. The number of benzene rings is 1. The van der Waals surface area contributed by atoms with E-state index in [1.165, 1.54) is 12.3 Å². The summed E-state index contributed by atoms with van der Waals surface area (Å²) >= 11 is 0. The van der Waals surface area contributed by atoms with Crippen molar-refractivity contribution in [2.24, 2.45) is 5.73 Å². The van der Waals surface area contributed by atoms with Crippen molar-refractivity contribution in [1.82, 2.24) is 4.90 Å². The monoisotopic (exact) mass is 274 g/mol. The van der Waals surface area contributed by atoms with Gasteiger partial charge in [-0.15, -0.1) is 0 Å². The van der Waals surface area contributed by atoms with Crippen LogP contribution in [0.3, 0.4) is 0 Å². The number of rotatable bonds is 6. The highest BCUT2D eigenvalue weighted by Gasteiger charge is 2.14. The summed E-state index contributed by atoms with van der Waals surface area (Å²) in [5, 5.41) is 0. The summed E-state index contributed by atoms with van der Waals surface area (Å²) in [5.41, 5.74) is 6.35. The summed E-state index contributed by atoms with van der Waals surface area (Å²) in [6, 6.07) is 5.89. The van der Waals surface area contributed by atoms with Crippen molar-refractivity contribution in [2.75, 3.05) is 32.1 Å². The highest BCUT2D eigenvalue weighted by molar-refractivity contribution is 7.90. The molecule has 0 aromatic heterocycles. The van der Waals surface area contributed by atoms with E-state index in [0.717, 1.165) is 0 Å².